The van der Waals surface area contributed by atoms with Gasteiger partial charge in [-0.2, -0.15) is 0 Å². The highest BCUT2D eigenvalue weighted by Gasteiger charge is 2.34. The molecule has 0 aromatic heterocycles. The number of nitrogens with zero attached hydrogens (tertiary/aromatic N) is 3. The zero-order chi connectivity index (χ0) is 14.9. The molecule has 1 heterocycles. The van der Waals surface area contributed by atoms with Crippen molar-refractivity contribution in [2.75, 3.05) is 11.4 Å². The fourth-order valence-corrected chi connectivity index (χ4v) is 2.78. The molecule has 2 rings (SSSR count). The van der Waals surface area contributed by atoms with Gasteiger partial charge in [0.1, 0.15) is 0 Å². The number of piperidine rings is 1. The Morgan fingerprint density at radius 1 is 1.20 bits per heavy atom. The van der Waals surface area contributed by atoms with Gasteiger partial charge in [0, 0.05) is 24.7 Å². The maximum atomic E-state index is 11.2. The van der Waals surface area contributed by atoms with Crippen LogP contribution in [0.1, 0.15) is 26.2 Å². The summed E-state index contributed by atoms with van der Waals surface area (Å²) in [6, 6.07) is 2.37. The second-order valence-electron chi connectivity index (χ2n) is 4.85. The molecular formula is C12H14ClN3O4. The lowest BCUT2D eigenvalue weighted by molar-refractivity contribution is -0.392. The van der Waals surface area contributed by atoms with Gasteiger partial charge < -0.3 is 4.90 Å². The van der Waals surface area contributed by atoms with Crippen LogP contribution in [0.25, 0.3) is 0 Å². The van der Waals surface area contributed by atoms with Crippen LogP contribution in [0.3, 0.4) is 0 Å². The Kier molecular flexibility index (Phi) is 4.08. The van der Waals surface area contributed by atoms with Gasteiger partial charge in [-0.3, -0.25) is 20.2 Å². The maximum Gasteiger partial charge on any atom is 0.301 e. The normalized spacial score (nSPS) is 18.9. The highest BCUT2D eigenvalue weighted by Crippen LogP contribution is 2.42. The molecule has 0 aliphatic carbocycles. The van der Waals surface area contributed by atoms with Crippen LogP contribution in [0.2, 0.25) is 5.02 Å². The second kappa shape index (κ2) is 5.62. The van der Waals surface area contributed by atoms with Crippen molar-refractivity contribution in [2.45, 2.75) is 32.2 Å². The van der Waals surface area contributed by atoms with Crippen LogP contribution in [0.5, 0.6) is 0 Å². The smallest absolute Gasteiger partial charge is 0.301 e. The predicted octanol–water partition coefficient (Wildman–Crippen LogP) is 3.54. The van der Waals surface area contributed by atoms with Crippen LogP contribution in [0, 0.1) is 20.2 Å². The largest absolute Gasteiger partial charge is 0.358 e. The molecule has 20 heavy (non-hydrogen) atoms. The molecule has 1 aliphatic heterocycles. The summed E-state index contributed by atoms with van der Waals surface area (Å²) in [5.41, 5.74) is -0.549. The minimum atomic E-state index is -0.616. The van der Waals surface area contributed by atoms with E-state index in [2.05, 4.69) is 0 Å². The number of hydrogen-bond acceptors (Lipinski definition) is 5. The molecular weight excluding hydrogens is 286 g/mol. The SMILES string of the molecule is C[C@H]1CCCCN1c1c([N+](=O)[O-])cc(Cl)cc1[N+](=O)[O-]. The Bertz CT molecular complexity index is 529. The Balaban J connectivity index is 2.63. The number of nitro benzene ring substituents is 2. The number of nitro groups is 2. The van der Waals surface area contributed by atoms with Crippen molar-refractivity contribution < 1.29 is 9.85 Å². The van der Waals surface area contributed by atoms with Crippen LogP contribution in [-0.4, -0.2) is 22.4 Å². The number of rotatable bonds is 3. The van der Waals surface area contributed by atoms with E-state index in [0.29, 0.717) is 6.54 Å². The molecule has 1 aromatic rings. The lowest BCUT2D eigenvalue weighted by atomic mass is 10.0. The minimum absolute atomic E-state index is 0.00295. The van der Waals surface area contributed by atoms with Crippen molar-refractivity contribution >= 4 is 28.7 Å². The molecule has 1 aromatic carbocycles. The van der Waals surface area contributed by atoms with E-state index in [-0.39, 0.29) is 28.1 Å². The number of halogens is 1. The van der Waals surface area contributed by atoms with Crippen LogP contribution in [0.4, 0.5) is 17.1 Å². The van der Waals surface area contributed by atoms with Gasteiger partial charge in [0.25, 0.3) is 0 Å². The zero-order valence-electron chi connectivity index (χ0n) is 10.9. The van der Waals surface area contributed by atoms with Gasteiger partial charge in [0.2, 0.25) is 0 Å². The van der Waals surface area contributed by atoms with Crippen LogP contribution in [-0.2, 0) is 0 Å². The van der Waals surface area contributed by atoms with Crippen LogP contribution < -0.4 is 4.90 Å². The van der Waals surface area contributed by atoms with Gasteiger partial charge in [-0.15, -0.1) is 0 Å². The summed E-state index contributed by atoms with van der Waals surface area (Å²) in [6.45, 7) is 2.49. The average Bonchev–Trinajstić information content (AvgIpc) is 2.38. The van der Waals surface area contributed by atoms with E-state index in [9.17, 15) is 20.2 Å². The lowest BCUT2D eigenvalue weighted by Gasteiger charge is -2.34. The lowest BCUT2D eigenvalue weighted by Crippen LogP contribution is -2.38. The third kappa shape index (κ3) is 2.67. The molecule has 0 bridgehead atoms. The van der Waals surface area contributed by atoms with Crippen molar-refractivity contribution in [3.8, 4) is 0 Å². The molecule has 1 fully saturated rings. The summed E-state index contributed by atoms with van der Waals surface area (Å²) in [4.78, 5) is 22.9. The standard InChI is InChI=1S/C12H14ClN3O4/c1-8-4-2-3-5-14(8)12-10(15(17)18)6-9(13)7-11(12)16(19)20/h6-8H,2-5H2,1H3/t8-/m0/s1. The fraction of sp³-hybridized carbons (Fsp3) is 0.500. The monoisotopic (exact) mass is 299 g/mol. The molecule has 0 N–H and O–H groups in total. The molecule has 0 radical (unpaired) electrons. The number of anilines is 1. The summed E-state index contributed by atoms with van der Waals surface area (Å²) < 4.78 is 0. The third-order valence-electron chi connectivity index (χ3n) is 3.52. The molecule has 0 unspecified atom stereocenters. The van der Waals surface area contributed by atoms with Crippen molar-refractivity contribution in [2.24, 2.45) is 0 Å². The summed E-state index contributed by atoms with van der Waals surface area (Å²) >= 11 is 5.76. The summed E-state index contributed by atoms with van der Waals surface area (Å²) in [5, 5.41) is 22.4. The predicted molar refractivity (Wildman–Crippen MR) is 75.4 cm³/mol. The van der Waals surface area contributed by atoms with Gasteiger partial charge in [0.15, 0.2) is 5.69 Å². The van der Waals surface area contributed by atoms with Gasteiger partial charge in [-0.05, 0) is 26.2 Å². The van der Waals surface area contributed by atoms with Crippen molar-refractivity contribution in [1.29, 1.82) is 0 Å². The molecule has 1 saturated heterocycles. The summed E-state index contributed by atoms with van der Waals surface area (Å²) in [7, 11) is 0. The molecule has 0 amide bonds. The third-order valence-corrected chi connectivity index (χ3v) is 3.74. The molecule has 8 heteroatoms. The van der Waals surface area contributed by atoms with Crippen LogP contribution in [0.15, 0.2) is 12.1 Å². The highest BCUT2D eigenvalue weighted by molar-refractivity contribution is 6.31. The van der Waals surface area contributed by atoms with E-state index in [1.54, 1.807) is 4.90 Å². The Morgan fingerprint density at radius 3 is 2.20 bits per heavy atom. The van der Waals surface area contributed by atoms with E-state index in [1.807, 2.05) is 6.92 Å². The summed E-state index contributed by atoms with van der Waals surface area (Å²) in [6.07, 6.45) is 2.74. The topological polar surface area (TPSA) is 89.5 Å². The van der Waals surface area contributed by atoms with Gasteiger partial charge in [-0.25, -0.2) is 0 Å². The van der Waals surface area contributed by atoms with Gasteiger partial charge >= 0.3 is 11.4 Å². The van der Waals surface area contributed by atoms with Crippen molar-refractivity contribution in [1.82, 2.24) is 0 Å². The zero-order valence-corrected chi connectivity index (χ0v) is 11.7. The van der Waals surface area contributed by atoms with Crippen molar-refractivity contribution in [3.05, 3.63) is 37.4 Å². The number of hydrogen-bond donors (Lipinski definition) is 0. The Labute approximate surface area is 120 Å². The minimum Gasteiger partial charge on any atom is -0.358 e. The second-order valence-corrected chi connectivity index (χ2v) is 5.28. The van der Waals surface area contributed by atoms with E-state index >= 15 is 0 Å². The molecule has 1 aliphatic rings. The van der Waals surface area contributed by atoms with E-state index in [1.165, 1.54) is 12.1 Å². The number of benzene rings is 1. The van der Waals surface area contributed by atoms with Gasteiger partial charge in [0.05, 0.1) is 14.9 Å². The maximum absolute atomic E-state index is 11.2. The van der Waals surface area contributed by atoms with Gasteiger partial charge in [-0.1, -0.05) is 11.6 Å². The van der Waals surface area contributed by atoms with E-state index in [4.69, 9.17) is 11.6 Å². The first-order chi connectivity index (χ1) is 9.41. The first kappa shape index (κ1) is 14.5. The quantitative estimate of drug-likeness (QED) is 0.629. The Hall–Kier alpha value is -1.89. The molecule has 7 nitrogen and oxygen atoms in total. The summed E-state index contributed by atoms with van der Waals surface area (Å²) in [5.74, 6) is 0. The van der Waals surface area contributed by atoms with Crippen LogP contribution >= 0.6 is 11.6 Å². The molecule has 1 atom stereocenters. The first-order valence-corrected chi connectivity index (χ1v) is 6.68. The molecule has 108 valence electrons. The fourth-order valence-electron chi connectivity index (χ4n) is 2.57. The molecule has 0 spiro atoms. The van der Waals surface area contributed by atoms with Crippen molar-refractivity contribution in [3.63, 3.8) is 0 Å². The first-order valence-electron chi connectivity index (χ1n) is 6.30. The Morgan fingerprint density at radius 2 is 1.75 bits per heavy atom. The highest BCUT2D eigenvalue weighted by atomic mass is 35.5. The average molecular weight is 300 g/mol. The van der Waals surface area contributed by atoms with E-state index < -0.39 is 9.85 Å². The molecule has 0 saturated carbocycles. The van der Waals surface area contributed by atoms with E-state index in [0.717, 1.165) is 19.3 Å².